The fourth-order valence-electron chi connectivity index (χ4n) is 1.30. The van der Waals surface area contributed by atoms with Crippen LogP contribution in [0.1, 0.15) is 39.0 Å². The smallest absolute Gasteiger partial charge is 0.0800 e. The van der Waals surface area contributed by atoms with E-state index in [1.165, 1.54) is 0 Å². The summed E-state index contributed by atoms with van der Waals surface area (Å²) in [5.41, 5.74) is 0. The molecule has 0 rings (SSSR count). The molecule has 0 heterocycles. The minimum absolute atomic E-state index is 0.0806. The molecule has 0 amide bonds. The van der Waals surface area contributed by atoms with Crippen molar-refractivity contribution in [1.29, 1.82) is 0 Å². The van der Waals surface area contributed by atoms with Gasteiger partial charge in [0.25, 0.3) is 0 Å². The van der Waals surface area contributed by atoms with Crippen molar-refractivity contribution < 1.29 is 20.4 Å². The topological polar surface area (TPSA) is 80.9 Å². The van der Waals surface area contributed by atoms with Gasteiger partial charge in [0.05, 0.1) is 18.3 Å². The predicted molar refractivity (Wildman–Crippen MR) is 53.9 cm³/mol. The lowest BCUT2D eigenvalue weighted by Gasteiger charge is -2.17. The summed E-state index contributed by atoms with van der Waals surface area (Å²) in [6.07, 6.45) is 0.594. The average Bonchev–Trinajstić information content (AvgIpc) is 2.21. The van der Waals surface area contributed by atoms with Crippen molar-refractivity contribution in [2.75, 3.05) is 6.61 Å². The summed E-state index contributed by atoms with van der Waals surface area (Å²) in [6.45, 7) is 1.88. The van der Waals surface area contributed by atoms with E-state index in [9.17, 15) is 15.3 Å². The van der Waals surface area contributed by atoms with Crippen LogP contribution in [0.15, 0.2) is 0 Å². The molecule has 0 aliphatic heterocycles. The van der Waals surface area contributed by atoms with Crippen LogP contribution in [0.4, 0.5) is 0 Å². The molecule has 14 heavy (non-hydrogen) atoms. The minimum atomic E-state index is -0.747. The molecule has 0 fully saturated rings. The summed E-state index contributed by atoms with van der Waals surface area (Å²) in [5.74, 6) is 0. The van der Waals surface area contributed by atoms with Gasteiger partial charge in [-0.3, -0.25) is 0 Å². The Labute approximate surface area is 85.2 Å². The average molecular weight is 206 g/mol. The molecule has 0 saturated heterocycles. The number of rotatable bonds is 8. The Hall–Kier alpha value is -0.160. The van der Waals surface area contributed by atoms with Gasteiger partial charge < -0.3 is 20.4 Å². The molecular formula is C10H22O4. The molecule has 4 nitrogen and oxygen atoms in total. The van der Waals surface area contributed by atoms with Crippen molar-refractivity contribution in [1.82, 2.24) is 0 Å². The molecule has 0 saturated carbocycles. The second-order valence-electron chi connectivity index (χ2n) is 3.64. The maximum Gasteiger partial charge on any atom is 0.0800 e. The number of hydrogen-bond donors (Lipinski definition) is 4. The van der Waals surface area contributed by atoms with Crippen molar-refractivity contribution in [3.8, 4) is 0 Å². The second-order valence-corrected chi connectivity index (χ2v) is 3.64. The SMILES string of the molecule is CCC(O)C(O)CCC(O)CCCO. The molecular weight excluding hydrogens is 184 g/mol. The van der Waals surface area contributed by atoms with Crippen LogP contribution >= 0.6 is 0 Å². The van der Waals surface area contributed by atoms with Crippen molar-refractivity contribution in [3.63, 3.8) is 0 Å². The Bertz CT molecular complexity index is 129. The Morgan fingerprint density at radius 2 is 1.57 bits per heavy atom. The van der Waals surface area contributed by atoms with E-state index in [1.54, 1.807) is 6.92 Å². The highest BCUT2D eigenvalue weighted by atomic mass is 16.3. The molecule has 4 N–H and O–H groups in total. The van der Waals surface area contributed by atoms with E-state index in [0.29, 0.717) is 32.1 Å². The lowest BCUT2D eigenvalue weighted by molar-refractivity contribution is 0.00311. The first-order valence-corrected chi connectivity index (χ1v) is 5.26. The Morgan fingerprint density at radius 1 is 0.929 bits per heavy atom. The van der Waals surface area contributed by atoms with E-state index in [2.05, 4.69) is 0 Å². The number of aliphatic hydroxyl groups excluding tert-OH is 4. The number of hydrogen-bond acceptors (Lipinski definition) is 4. The Kier molecular flexibility index (Phi) is 8.08. The van der Waals surface area contributed by atoms with Gasteiger partial charge in [0.2, 0.25) is 0 Å². The fourth-order valence-corrected chi connectivity index (χ4v) is 1.30. The zero-order valence-corrected chi connectivity index (χ0v) is 8.76. The first-order chi connectivity index (χ1) is 6.61. The third kappa shape index (κ3) is 6.32. The van der Waals surface area contributed by atoms with Crippen LogP contribution in [0.3, 0.4) is 0 Å². The molecule has 0 aromatic heterocycles. The zero-order valence-electron chi connectivity index (χ0n) is 8.76. The molecule has 0 spiro atoms. The molecule has 0 aromatic carbocycles. The van der Waals surface area contributed by atoms with Crippen LogP contribution in [0, 0.1) is 0 Å². The lowest BCUT2D eigenvalue weighted by Crippen LogP contribution is -2.26. The molecule has 3 unspecified atom stereocenters. The third-order valence-electron chi connectivity index (χ3n) is 2.35. The van der Waals surface area contributed by atoms with Gasteiger partial charge in [-0.05, 0) is 32.1 Å². The van der Waals surface area contributed by atoms with Gasteiger partial charge in [0.1, 0.15) is 0 Å². The van der Waals surface area contributed by atoms with E-state index in [4.69, 9.17) is 5.11 Å². The van der Waals surface area contributed by atoms with Crippen LogP contribution < -0.4 is 0 Å². The molecule has 3 atom stereocenters. The normalized spacial score (nSPS) is 17.8. The van der Waals surface area contributed by atoms with Crippen LogP contribution in [-0.4, -0.2) is 45.3 Å². The molecule has 4 heteroatoms. The van der Waals surface area contributed by atoms with Crippen LogP contribution in [-0.2, 0) is 0 Å². The van der Waals surface area contributed by atoms with Gasteiger partial charge in [0.15, 0.2) is 0 Å². The molecule has 0 aromatic rings. The summed E-state index contributed by atoms with van der Waals surface area (Å²) < 4.78 is 0. The maximum atomic E-state index is 9.38. The van der Waals surface area contributed by atoms with Gasteiger partial charge in [-0.2, -0.15) is 0 Å². The standard InChI is InChI=1S/C10H22O4/c1-2-9(13)10(14)6-5-8(12)4-3-7-11/h8-14H,2-7H2,1H3. The molecule has 86 valence electrons. The van der Waals surface area contributed by atoms with Crippen LogP contribution in [0.5, 0.6) is 0 Å². The van der Waals surface area contributed by atoms with Gasteiger partial charge in [-0.25, -0.2) is 0 Å². The summed E-state index contributed by atoms with van der Waals surface area (Å²) >= 11 is 0. The van der Waals surface area contributed by atoms with Crippen molar-refractivity contribution in [3.05, 3.63) is 0 Å². The summed E-state index contributed by atoms with van der Waals surface area (Å²) in [6, 6.07) is 0. The first kappa shape index (κ1) is 13.8. The van der Waals surface area contributed by atoms with Gasteiger partial charge in [0, 0.05) is 6.61 Å². The molecule has 0 bridgehead atoms. The molecule has 0 radical (unpaired) electrons. The number of aliphatic hydroxyl groups is 4. The van der Waals surface area contributed by atoms with E-state index in [0.717, 1.165) is 0 Å². The highest BCUT2D eigenvalue weighted by Gasteiger charge is 2.15. The molecule has 0 aliphatic rings. The summed E-state index contributed by atoms with van der Waals surface area (Å²) in [4.78, 5) is 0. The van der Waals surface area contributed by atoms with Gasteiger partial charge in [-0.1, -0.05) is 6.92 Å². The predicted octanol–water partition coefficient (Wildman–Crippen LogP) is 0.0318. The van der Waals surface area contributed by atoms with E-state index in [1.807, 2.05) is 0 Å². The monoisotopic (exact) mass is 206 g/mol. The van der Waals surface area contributed by atoms with Crippen LogP contribution in [0.25, 0.3) is 0 Å². The summed E-state index contributed by atoms with van der Waals surface area (Å²) in [7, 11) is 0. The van der Waals surface area contributed by atoms with E-state index in [-0.39, 0.29) is 6.61 Å². The minimum Gasteiger partial charge on any atom is -0.396 e. The van der Waals surface area contributed by atoms with E-state index < -0.39 is 18.3 Å². The van der Waals surface area contributed by atoms with Crippen molar-refractivity contribution >= 4 is 0 Å². The largest absolute Gasteiger partial charge is 0.396 e. The fraction of sp³-hybridized carbons (Fsp3) is 1.00. The zero-order chi connectivity index (χ0) is 11.0. The van der Waals surface area contributed by atoms with Gasteiger partial charge >= 0.3 is 0 Å². The third-order valence-corrected chi connectivity index (χ3v) is 2.35. The maximum absolute atomic E-state index is 9.38. The highest BCUT2D eigenvalue weighted by Crippen LogP contribution is 2.10. The quantitative estimate of drug-likeness (QED) is 0.452. The molecule has 0 aliphatic carbocycles. The first-order valence-electron chi connectivity index (χ1n) is 5.26. The summed E-state index contributed by atoms with van der Waals surface area (Å²) in [5, 5.41) is 36.5. The highest BCUT2D eigenvalue weighted by molar-refractivity contribution is 4.67. The van der Waals surface area contributed by atoms with Gasteiger partial charge in [-0.15, -0.1) is 0 Å². The Balaban J connectivity index is 3.50. The van der Waals surface area contributed by atoms with E-state index >= 15 is 0 Å². The second kappa shape index (κ2) is 8.17. The van der Waals surface area contributed by atoms with Crippen molar-refractivity contribution in [2.24, 2.45) is 0 Å². The van der Waals surface area contributed by atoms with Crippen molar-refractivity contribution in [2.45, 2.75) is 57.3 Å². The Morgan fingerprint density at radius 3 is 2.07 bits per heavy atom. The lowest BCUT2D eigenvalue weighted by atomic mass is 10.0. The van der Waals surface area contributed by atoms with Crippen LogP contribution in [0.2, 0.25) is 0 Å².